The first kappa shape index (κ1) is 11.2. The minimum Gasteiger partial charge on any atom is -0.453 e. The predicted octanol–water partition coefficient (Wildman–Crippen LogP) is 4.92. The van der Waals surface area contributed by atoms with E-state index >= 15 is 0 Å². The van der Waals surface area contributed by atoms with Crippen LogP contribution in [0.4, 0.5) is 4.39 Å². The lowest BCUT2D eigenvalue weighted by Crippen LogP contribution is -1.88. The molecule has 82 valence electrons. The first-order chi connectivity index (χ1) is 7.68. The molecule has 0 amide bonds. The van der Waals surface area contributed by atoms with E-state index < -0.39 is 5.82 Å². The van der Waals surface area contributed by atoms with Gasteiger partial charge in [0.2, 0.25) is 0 Å². The van der Waals surface area contributed by atoms with Gasteiger partial charge in [0, 0.05) is 0 Å². The van der Waals surface area contributed by atoms with E-state index in [1.54, 1.807) is 30.3 Å². The van der Waals surface area contributed by atoms with Gasteiger partial charge in [-0.1, -0.05) is 41.4 Å². The zero-order valence-electron chi connectivity index (χ0n) is 8.08. The van der Waals surface area contributed by atoms with E-state index in [0.717, 1.165) is 0 Å². The molecular weight excluding hydrogens is 250 g/mol. The van der Waals surface area contributed by atoms with Gasteiger partial charge < -0.3 is 4.74 Å². The Bertz CT molecular complexity index is 514. The third-order valence-electron chi connectivity index (χ3n) is 1.97. The van der Waals surface area contributed by atoms with Gasteiger partial charge in [-0.2, -0.15) is 0 Å². The Morgan fingerprint density at radius 1 is 0.875 bits per heavy atom. The van der Waals surface area contributed by atoms with Crippen LogP contribution < -0.4 is 4.74 Å². The average Bonchev–Trinajstić information content (AvgIpc) is 2.28. The van der Waals surface area contributed by atoms with E-state index in [1.165, 1.54) is 12.1 Å². The smallest absolute Gasteiger partial charge is 0.165 e. The summed E-state index contributed by atoms with van der Waals surface area (Å²) >= 11 is 11.7. The van der Waals surface area contributed by atoms with Gasteiger partial charge in [0.05, 0.1) is 5.02 Å². The molecule has 4 heteroatoms. The van der Waals surface area contributed by atoms with Gasteiger partial charge in [0.15, 0.2) is 11.6 Å². The van der Waals surface area contributed by atoms with Crippen molar-refractivity contribution in [2.45, 2.75) is 0 Å². The first-order valence-corrected chi connectivity index (χ1v) is 5.30. The summed E-state index contributed by atoms with van der Waals surface area (Å²) in [4.78, 5) is 0. The van der Waals surface area contributed by atoms with Gasteiger partial charge in [-0.15, -0.1) is 0 Å². The van der Waals surface area contributed by atoms with E-state index in [2.05, 4.69) is 0 Å². The number of halogens is 3. The number of benzene rings is 2. The highest BCUT2D eigenvalue weighted by molar-refractivity contribution is 6.42. The Balaban J connectivity index is 2.35. The normalized spacial score (nSPS) is 10.2. The van der Waals surface area contributed by atoms with E-state index in [1.807, 2.05) is 0 Å². The summed E-state index contributed by atoms with van der Waals surface area (Å²) in [5, 5.41) is 0.642. The standard InChI is InChI=1S/C12H7Cl2FO/c13-8-4-3-7-11(12(8)14)16-10-6-2-1-5-9(10)15/h1-7H. The van der Waals surface area contributed by atoms with Crippen LogP contribution in [0.15, 0.2) is 42.5 Å². The number of hydrogen-bond acceptors (Lipinski definition) is 1. The van der Waals surface area contributed by atoms with Gasteiger partial charge in [0.25, 0.3) is 0 Å². The van der Waals surface area contributed by atoms with Crippen LogP contribution in [0.25, 0.3) is 0 Å². The molecule has 0 aromatic heterocycles. The van der Waals surface area contributed by atoms with Crippen LogP contribution in [0.2, 0.25) is 10.0 Å². The minimum absolute atomic E-state index is 0.117. The third-order valence-corrected chi connectivity index (χ3v) is 2.77. The molecule has 0 unspecified atom stereocenters. The van der Waals surface area contributed by atoms with E-state index in [9.17, 15) is 4.39 Å². The fourth-order valence-corrected chi connectivity index (χ4v) is 1.54. The molecule has 2 aromatic carbocycles. The Labute approximate surface area is 102 Å². The molecule has 0 atom stereocenters. The number of rotatable bonds is 2. The predicted molar refractivity (Wildman–Crippen MR) is 62.9 cm³/mol. The first-order valence-electron chi connectivity index (χ1n) is 4.55. The molecule has 0 radical (unpaired) electrons. The van der Waals surface area contributed by atoms with Crippen LogP contribution in [0.5, 0.6) is 11.5 Å². The minimum atomic E-state index is -0.446. The summed E-state index contributed by atoms with van der Waals surface area (Å²) < 4.78 is 18.6. The molecule has 0 saturated heterocycles. The van der Waals surface area contributed by atoms with Crippen LogP contribution >= 0.6 is 23.2 Å². The van der Waals surface area contributed by atoms with Gasteiger partial charge in [-0.05, 0) is 24.3 Å². The molecule has 0 aliphatic carbocycles. The Kier molecular flexibility index (Phi) is 3.32. The average molecular weight is 257 g/mol. The van der Waals surface area contributed by atoms with Crippen molar-refractivity contribution < 1.29 is 9.13 Å². The molecule has 0 spiro atoms. The second-order valence-electron chi connectivity index (χ2n) is 3.08. The Hall–Kier alpha value is -1.25. The van der Waals surface area contributed by atoms with Crippen molar-refractivity contribution in [2.24, 2.45) is 0 Å². The summed E-state index contributed by atoms with van der Waals surface area (Å²) in [6.07, 6.45) is 0. The molecule has 0 fully saturated rings. The Morgan fingerprint density at radius 2 is 1.56 bits per heavy atom. The van der Waals surface area contributed by atoms with Crippen molar-refractivity contribution in [3.8, 4) is 11.5 Å². The zero-order valence-corrected chi connectivity index (χ0v) is 9.60. The van der Waals surface area contributed by atoms with Crippen LogP contribution in [-0.4, -0.2) is 0 Å². The molecule has 0 aliphatic heterocycles. The van der Waals surface area contributed by atoms with Crippen molar-refractivity contribution in [2.75, 3.05) is 0 Å². The molecule has 16 heavy (non-hydrogen) atoms. The fraction of sp³-hybridized carbons (Fsp3) is 0. The summed E-state index contributed by atoms with van der Waals surface area (Å²) in [5.74, 6) is 0.00414. The molecular formula is C12H7Cl2FO. The Morgan fingerprint density at radius 3 is 2.31 bits per heavy atom. The largest absolute Gasteiger partial charge is 0.453 e. The third kappa shape index (κ3) is 2.29. The van der Waals surface area contributed by atoms with Crippen LogP contribution in [0.1, 0.15) is 0 Å². The highest BCUT2D eigenvalue weighted by Gasteiger charge is 2.08. The van der Waals surface area contributed by atoms with Crippen LogP contribution in [0, 0.1) is 5.82 Å². The molecule has 0 saturated carbocycles. The van der Waals surface area contributed by atoms with Crippen molar-refractivity contribution in [1.82, 2.24) is 0 Å². The zero-order chi connectivity index (χ0) is 11.5. The number of para-hydroxylation sites is 1. The lowest BCUT2D eigenvalue weighted by molar-refractivity contribution is 0.442. The second-order valence-corrected chi connectivity index (χ2v) is 3.87. The second kappa shape index (κ2) is 4.73. The highest BCUT2D eigenvalue weighted by Crippen LogP contribution is 2.35. The number of hydrogen-bond donors (Lipinski definition) is 0. The maximum atomic E-state index is 13.3. The summed E-state index contributed by atoms with van der Waals surface area (Å²) in [6.45, 7) is 0. The SMILES string of the molecule is Fc1ccccc1Oc1cccc(Cl)c1Cl. The van der Waals surface area contributed by atoms with Gasteiger partial charge >= 0.3 is 0 Å². The van der Waals surface area contributed by atoms with Crippen molar-refractivity contribution >= 4 is 23.2 Å². The number of ether oxygens (including phenoxy) is 1. The summed E-state index contributed by atoms with van der Waals surface area (Å²) in [6, 6.07) is 11.0. The highest BCUT2D eigenvalue weighted by atomic mass is 35.5. The molecule has 0 bridgehead atoms. The van der Waals surface area contributed by atoms with Crippen LogP contribution in [0.3, 0.4) is 0 Å². The van der Waals surface area contributed by atoms with Gasteiger partial charge in [-0.25, -0.2) is 4.39 Å². The molecule has 0 heterocycles. The quantitative estimate of drug-likeness (QED) is 0.741. The molecule has 1 nitrogen and oxygen atoms in total. The lowest BCUT2D eigenvalue weighted by Gasteiger charge is -2.08. The molecule has 0 N–H and O–H groups in total. The van der Waals surface area contributed by atoms with E-state index in [-0.39, 0.29) is 10.8 Å². The monoisotopic (exact) mass is 256 g/mol. The van der Waals surface area contributed by atoms with Gasteiger partial charge in [0.1, 0.15) is 10.8 Å². The summed E-state index contributed by atoms with van der Waals surface area (Å²) in [7, 11) is 0. The maximum Gasteiger partial charge on any atom is 0.165 e. The fourth-order valence-electron chi connectivity index (χ4n) is 1.21. The lowest BCUT2D eigenvalue weighted by atomic mass is 10.3. The topological polar surface area (TPSA) is 9.23 Å². The van der Waals surface area contributed by atoms with E-state index in [0.29, 0.717) is 10.8 Å². The van der Waals surface area contributed by atoms with Crippen molar-refractivity contribution in [3.63, 3.8) is 0 Å². The van der Waals surface area contributed by atoms with Gasteiger partial charge in [-0.3, -0.25) is 0 Å². The molecule has 0 aliphatic rings. The molecule has 2 aromatic rings. The maximum absolute atomic E-state index is 13.3. The van der Waals surface area contributed by atoms with Crippen molar-refractivity contribution in [3.05, 3.63) is 58.3 Å². The van der Waals surface area contributed by atoms with Crippen molar-refractivity contribution in [1.29, 1.82) is 0 Å². The van der Waals surface area contributed by atoms with E-state index in [4.69, 9.17) is 27.9 Å². The van der Waals surface area contributed by atoms with Crippen LogP contribution in [-0.2, 0) is 0 Å². The summed E-state index contributed by atoms with van der Waals surface area (Å²) in [5.41, 5.74) is 0. The molecule has 2 rings (SSSR count).